The van der Waals surface area contributed by atoms with Gasteiger partial charge in [0, 0.05) is 29.6 Å². The second-order valence-corrected chi connectivity index (χ2v) is 6.56. The molecule has 20 heavy (non-hydrogen) atoms. The van der Waals surface area contributed by atoms with Crippen molar-refractivity contribution in [2.24, 2.45) is 0 Å². The summed E-state index contributed by atoms with van der Waals surface area (Å²) in [5.41, 5.74) is 0.812. The Kier molecular flexibility index (Phi) is 5.11. The first-order valence-corrected chi connectivity index (χ1v) is 7.91. The van der Waals surface area contributed by atoms with Gasteiger partial charge < -0.3 is 10.1 Å². The number of nitrogens with one attached hydrogen (secondary N) is 1. The second-order valence-electron chi connectivity index (χ2n) is 5.16. The molecule has 0 aliphatic carbocycles. The van der Waals surface area contributed by atoms with Crippen LogP contribution >= 0.6 is 11.8 Å². The molecule has 1 atom stereocenters. The Morgan fingerprint density at radius 3 is 2.90 bits per heavy atom. The van der Waals surface area contributed by atoms with Gasteiger partial charge in [-0.15, -0.1) is 0 Å². The fourth-order valence-electron chi connectivity index (χ4n) is 2.17. The monoisotopic (exact) mass is 296 g/mol. The van der Waals surface area contributed by atoms with Crippen LogP contribution in [-0.2, 0) is 0 Å². The number of hydrogen-bond donors (Lipinski definition) is 1. The number of nitro groups is 1. The van der Waals surface area contributed by atoms with Crippen molar-refractivity contribution in [3.05, 3.63) is 28.3 Å². The van der Waals surface area contributed by atoms with Crippen LogP contribution in [0.3, 0.4) is 0 Å². The van der Waals surface area contributed by atoms with Gasteiger partial charge in [-0.3, -0.25) is 10.1 Å². The molecule has 1 aliphatic heterocycles. The van der Waals surface area contributed by atoms with E-state index in [2.05, 4.69) is 5.32 Å². The van der Waals surface area contributed by atoms with Gasteiger partial charge in [0.2, 0.25) is 0 Å². The number of hydrogen-bond acceptors (Lipinski definition) is 5. The van der Waals surface area contributed by atoms with Gasteiger partial charge in [0.15, 0.2) is 0 Å². The molecule has 110 valence electrons. The number of non-ortho nitro benzene ring substituents is 1. The molecule has 1 aliphatic rings. The normalized spacial score (nSPS) is 18.2. The van der Waals surface area contributed by atoms with Gasteiger partial charge in [-0.25, -0.2) is 0 Å². The molecular weight excluding hydrogens is 276 g/mol. The summed E-state index contributed by atoms with van der Waals surface area (Å²) < 4.78 is 5.57. The fraction of sp³-hybridized carbons (Fsp3) is 0.571. The summed E-state index contributed by atoms with van der Waals surface area (Å²) in [6.07, 6.45) is 2.46. The highest BCUT2D eigenvalue weighted by atomic mass is 32.2. The molecule has 1 fully saturated rings. The average Bonchev–Trinajstić information content (AvgIpc) is 2.88. The van der Waals surface area contributed by atoms with Crippen molar-refractivity contribution >= 4 is 23.1 Å². The summed E-state index contributed by atoms with van der Waals surface area (Å²) in [7, 11) is 0. The molecule has 1 unspecified atom stereocenters. The van der Waals surface area contributed by atoms with E-state index < -0.39 is 0 Å². The van der Waals surface area contributed by atoms with Gasteiger partial charge in [0.1, 0.15) is 5.75 Å². The Morgan fingerprint density at radius 2 is 2.30 bits per heavy atom. The highest BCUT2D eigenvalue weighted by molar-refractivity contribution is 8.00. The van der Waals surface area contributed by atoms with Crippen LogP contribution < -0.4 is 10.1 Å². The van der Waals surface area contributed by atoms with E-state index in [0.29, 0.717) is 11.0 Å². The van der Waals surface area contributed by atoms with E-state index in [1.165, 1.54) is 24.7 Å². The van der Waals surface area contributed by atoms with Crippen LogP contribution in [0, 0.1) is 10.1 Å². The Bertz CT molecular complexity index is 473. The molecule has 6 heteroatoms. The van der Waals surface area contributed by atoms with E-state index in [1.807, 2.05) is 31.7 Å². The summed E-state index contributed by atoms with van der Waals surface area (Å²) in [6, 6.07) is 4.86. The van der Waals surface area contributed by atoms with Crippen LogP contribution in [-0.4, -0.2) is 28.6 Å². The van der Waals surface area contributed by atoms with Crippen molar-refractivity contribution in [1.29, 1.82) is 0 Å². The van der Waals surface area contributed by atoms with E-state index in [9.17, 15) is 10.1 Å². The van der Waals surface area contributed by atoms with Gasteiger partial charge >= 0.3 is 0 Å². The first-order valence-electron chi connectivity index (χ1n) is 6.86. The second kappa shape index (κ2) is 6.83. The quantitative estimate of drug-likeness (QED) is 0.640. The van der Waals surface area contributed by atoms with Crippen molar-refractivity contribution in [3.8, 4) is 5.75 Å². The standard InChI is InChI=1S/C14H20N2O3S/c1-10(2)19-13-7-11(6-12(8-13)16(17)18)15-9-14-4-3-5-20-14/h6-8,10,14-15H,3-5,9H2,1-2H3. The third-order valence-electron chi connectivity index (χ3n) is 3.03. The van der Waals surface area contributed by atoms with Gasteiger partial charge in [-0.1, -0.05) is 0 Å². The molecule has 5 nitrogen and oxygen atoms in total. The average molecular weight is 296 g/mol. The Labute approximate surface area is 123 Å². The zero-order valence-corrected chi connectivity index (χ0v) is 12.6. The van der Waals surface area contributed by atoms with Crippen molar-refractivity contribution in [2.45, 2.75) is 38.0 Å². The minimum atomic E-state index is -0.386. The zero-order valence-electron chi connectivity index (χ0n) is 11.8. The van der Waals surface area contributed by atoms with Crippen LogP contribution in [0.15, 0.2) is 18.2 Å². The number of benzene rings is 1. The minimum absolute atomic E-state index is 0.00441. The van der Waals surface area contributed by atoms with Crippen LogP contribution in [0.2, 0.25) is 0 Å². The van der Waals surface area contributed by atoms with Gasteiger partial charge in [0.25, 0.3) is 5.69 Å². The Hall–Kier alpha value is -1.43. The summed E-state index contributed by atoms with van der Waals surface area (Å²) in [6.45, 7) is 4.65. The minimum Gasteiger partial charge on any atom is -0.491 e. The predicted molar refractivity (Wildman–Crippen MR) is 82.8 cm³/mol. The largest absolute Gasteiger partial charge is 0.491 e. The number of anilines is 1. The lowest BCUT2D eigenvalue weighted by Gasteiger charge is -2.14. The highest BCUT2D eigenvalue weighted by Crippen LogP contribution is 2.29. The first-order chi connectivity index (χ1) is 9.54. The number of thioether (sulfide) groups is 1. The van der Waals surface area contributed by atoms with Gasteiger partial charge in [0.05, 0.1) is 17.1 Å². The lowest BCUT2D eigenvalue weighted by molar-refractivity contribution is -0.384. The first kappa shape index (κ1) is 15.0. The number of ether oxygens (including phenoxy) is 1. The smallest absolute Gasteiger partial charge is 0.275 e. The van der Waals surface area contributed by atoms with Crippen LogP contribution in [0.5, 0.6) is 5.75 Å². The van der Waals surface area contributed by atoms with E-state index in [4.69, 9.17) is 4.74 Å². The molecular formula is C14H20N2O3S. The SMILES string of the molecule is CC(C)Oc1cc(NCC2CCCS2)cc([N+](=O)[O-])c1. The Morgan fingerprint density at radius 1 is 1.50 bits per heavy atom. The van der Waals surface area contributed by atoms with Gasteiger partial charge in [-0.2, -0.15) is 11.8 Å². The molecule has 0 amide bonds. The van der Waals surface area contributed by atoms with Crippen LogP contribution in [0.1, 0.15) is 26.7 Å². The summed E-state index contributed by atoms with van der Waals surface area (Å²) in [5, 5.41) is 14.9. The molecule has 1 N–H and O–H groups in total. The summed E-state index contributed by atoms with van der Waals surface area (Å²) in [4.78, 5) is 10.6. The molecule has 0 spiro atoms. The Balaban J connectivity index is 2.08. The lowest BCUT2D eigenvalue weighted by Crippen LogP contribution is -2.14. The maximum absolute atomic E-state index is 11.0. The molecule has 1 aromatic carbocycles. The highest BCUT2D eigenvalue weighted by Gasteiger charge is 2.16. The number of nitro benzene ring substituents is 1. The molecule has 0 aromatic heterocycles. The number of rotatable bonds is 6. The van der Waals surface area contributed by atoms with E-state index in [-0.39, 0.29) is 16.7 Å². The summed E-state index contributed by atoms with van der Waals surface area (Å²) in [5.74, 6) is 1.75. The zero-order chi connectivity index (χ0) is 14.5. The molecule has 2 rings (SSSR count). The molecule has 1 saturated heterocycles. The lowest BCUT2D eigenvalue weighted by atomic mass is 10.2. The maximum atomic E-state index is 11.0. The molecule has 1 aromatic rings. The van der Waals surface area contributed by atoms with E-state index in [0.717, 1.165) is 12.2 Å². The topological polar surface area (TPSA) is 64.4 Å². The molecule has 0 bridgehead atoms. The van der Waals surface area contributed by atoms with Gasteiger partial charge in [-0.05, 0) is 32.4 Å². The third kappa shape index (κ3) is 4.30. The van der Waals surface area contributed by atoms with Crippen molar-refractivity contribution < 1.29 is 9.66 Å². The third-order valence-corrected chi connectivity index (χ3v) is 4.43. The molecule has 0 radical (unpaired) electrons. The molecule has 1 heterocycles. The van der Waals surface area contributed by atoms with Crippen molar-refractivity contribution in [1.82, 2.24) is 0 Å². The maximum Gasteiger partial charge on any atom is 0.275 e. The van der Waals surface area contributed by atoms with Crippen LogP contribution in [0.25, 0.3) is 0 Å². The summed E-state index contributed by atoms with van der Waals surface area (Å²) >= 11 is 1.96. The van der Waals surface area contributed by atoms with E-state index in [1.54, 1.807) is 6.07 Å². The van der Waals surface area contributed by atoms with E-state index >= 15 is 0 Å². The van der Waals surface area contributed by atoms with Crippen molar-refractivity contribution in [2.75, 3.05) is 17.6 Å². The molecule has 0 saturated carbocycles. The van der Waals surface area contributed by atoms with Crippen molar-refractivity contribution in [3.63, 3.8) is 0 Å². The van der Waals surface area contributed by atoms with Crippen LogP contribution in [0.4, 0.5) is 11.4 Å². The fourth-order valence-corrected chi connectivity index (χ4v) is 3.37. The number of nitrogens with zero attached hydrogens (tertiary/aromatic N) is 1. The predicted octanol–water partition coefficient (Wildman–Crippen LogP) is 3.69.